The molecule has 33 heavy (non-hydrogen) atoms. The van der Waals surface area contributed by atoms with Gasteiger partial charge in [0, 0.05) is 30.3 Å². The third-order valence-corrected chi connectivity index (χ3v) is 5.00. The van der Waals surface area contributed by atoms with Gasteiger partial charge in [0.1, 0.15) is 6.61 Å². The van der Waals surface area contributed by atoms with E-state index in [9.17, 15) is 35.5 Å². The number of rotatable bonds is 11. The highest BCUT2D eigenvalue weighted by Gasteiger charge is 2.41. The molecule has 0 spiro atoms. The monoisotopic (exact) mass is 481 g/mol. The van der Waals surface area contributed by atoms with E-state index in [4.69, 9.17) is 0 Å². The van der Waals surface area contributed by atoms with Crippen molar-refractivity contribution in [3.05, 3.63) is 52.8 Å². The van der Waals surface area contributed by atoms with Crippen LogP contribution in [0.1, 0.15) is 52.5 Å². The van der Waals surface area contributed by atoms with Gasteiger partial charge in [0.2, 0.25) is 0 Å². The standard InChI is InChI=1S/C21H22F7N3O2/c22-19(23)20(24,25)12-33-11-13-3-1-4-15(9-13)18(32)29-7-2-8-31-16(14-5-6-14)10-17(30-31)21(26,27)28/h1,3-4,9-10,14,19H,2,5-8,11-12H2,(H,29,32). The smallest absolute Gasteiger partial charge is 0.370 e. The van der Waals surface area contributed by atoms with Crippen LogP contribution in [0.2, 0.25) is 0 Å². The van der Waals surface area contributed by atoms with Gasteiger partial charge in [0.15, 0.2) is 5.69 Å². The molecule has 1 aliphatic rings. The highest BCUT2D eigenvalue weighted by molar-refractivity contribution is 5.94. The summed E-state index contributed by atoms with van der Waals surface area (Å²) < 4.78 is 94.8. The molecule has 1 saturated carbocycles. The summed E-state index contributed by atoms with van der Waals surface area (Å²) in [5.74, 6) is -4.66. The average molecular weight is 481 g/mol. The van der Waals surface area contributed by atoms with Gasteiger partial charge in [0.25, 0.3) is 5.91 Å². The summed E-state index contributed by atoms with van der Waals surface area (Å²) in [5.41, 5.74) is 0.157. The van der Waals surface area contributed by atoms with E-state index < -0.39 is 36.7 Å². The van der Waals surface area contributed by atoms with Crippen molar-refractivity contribution in [1.29, 1.82) is 0 Å². The summed E-state index contributed by atoms with van der Waals surface area (Å²) in [6.07, 6.45) is -6.38. The molecular weight excluding hydrogens is 459 g/mol. The quantitative estimate of drug-likeness (QED) is 0.363. The second-order valence-electron chi connectivity index (χ2n) is 7.81. The number of carbonyl (C=O) groups excluding carboxylic acids is 1. The molecule has 5 nitrogen and oxygen atoms in total. The Morgan fingerprint density at radius 1 is 1.18 bits per heavy atom. The van der Waals surface area contributed by atoms with Crippen molar-refractivity contribution in [2.24, 2.45) is 0 Å². The molecule has 0 atom stereocenters. The van der Waals surface area contributed by atoms with Crippen molar-refractivity contribution >= 4 is 5.91 Å². The summed E-state index contributed by atoms with van der Waals surface area (Å²) in [7, 11) is 0. The number of alkyl halides is 7. The average Bonchev–Trinajstić information content (AvgIpc) is 3.49. The normalized spacial score (nSPS) is 14.7. The van der Waals surface area contributed by atoms with Gasteiger partial charge in [-0.2, -0.15) is 27.1 Å². The SMILES string of the molecule is O=C(NCCCn1nc(C(F)(F)F)cc1C1CC1)c1cccc(COCC(F)(F)C(F)F)c1. The van der Waals surface area contributed by atoms with Gasteiger partial charge in [-0.25, -0.2) is 8.78 Å². The molecule has 12 heteroatoms. The minimum absolute atomic E-state index is 0.0776. The molecule has 0 bridgehead atoms. The van der Waals surface area contributed by atoms with Gasteiger partial charge in [-0.1, -0.05) is 12.1 Å². The first kappa shape index (κ1) is 25.0. The molecule has 0 radical (unpaired) electrons. The van der Waals surface area contributed by atoms with Crippen LogP contribution >= 0.6 is 0 Å². The van der Waals surface area contributed by atoms with Crippen LogP contribution < -0.4 is 5.32 Å². The number of aryl methyl sites for hydroxylation is 1. The summed E-state index contributed by atoms with van der Waals surface area (Å²) >= 11 is 0. The van der Waals surface area contributed by atoms with Gasteiger partial charge in [-0.15, -0.1) is 0 Å². The molecule has 3 rings (SSSR count). The minimum Gasteiger partial charge on any atom is -0.370 e. The molecule has 182 valence electrons. The Morgan fingerprint density at radius 3 is 2.55 bits per heavy atom. The highest BCUT2D eigenvalue weighted by Crippen LogP contribution is 2.42. The van der Waals surface area contributed by atoms with E-state index in [1.807, 2.05) is 0 Å². The fourth-order valence-electron chi connectivity index (χ4n) is 3.16. The Balaban J connectivity index is 1.48. The Bertz CT molecular complexity index is 956. The topological polar surface area (TPSA) is 56.2 Å². The van der Waals surface area contributed by atoms with Crippen molar-refractivity contribution in [2.75, 3.05) is 13.2 Å². The summed E-state index contributed by atoms with van der Waals surface area (Å²) in [5, 5.41) is 6.28. The molecule has 1 N–H and O–H groups in total. The van der Waals surface area contributed by atoms with Gasteiger partial charge < -0.3 is 10.1 Å². The maximum Gasteiger partial charge on any atom is 0.435 e. The fraction of sp³-hybridized carbons (Fsp3) is 0.524. The zero-order valence-electron chi connectivity index (χ0n) is 17.3. The Hall–Kier alpha value is -2.63. The van der Waals surface area contributed by atoms with Crippen LogP contribution in [0.4, 0.5) is 30.7 Å². The molecule has 1 heterocycles. The van der Waals surface area contributed by atoms with E-state index in [0.29, 0.717) is 17.7 Å². The lowest BCUT2D eigenvalue weighted by molar-refractivity contribution is -0.168. The van der Waals surface area contributed by atoms with Crippen molar-refractivity contribution in [1.82, 2.24) is 15.1 Å². The fourth-order valence-corrected chi connectivity index (χ4v) is 3.16. The van der Waals surface area contributed by atoms with Crippen LogP contribution in [-0.4, -0.2) is 41.2 Å². The number of halogens is 7. The Kier molecular flexibility index (Phi) is 7.65. The number of nitrogens with one attached hydrogen (secondary N) is 1. The third kappa shape index (κ3) is 6.92. The van der Waals surface area contributed by atoms with E-state index in [1.54, 1.807) is 0 Å². The van der Waals surface area contributed by atoms with Crippen molar-refractivity contribution in [3.8, 4) is 0 Å². The zero-order valence-corrected chi connectivity index (χ0v) is 17.3. The van der Waals surface area contributed by atoms with Gasteiger partial charge >= 0.3 is 18.5 Å². The summed E-state index contributed by atoms with van der Waals surface area (Å²) in [6.45, 7) is -1.46. The lowest BCUT2D eigenvalue weighted by atomic mass is 10.1. The Labute approximate surface area is 184 Å². The number of hydrogen-bond donors (Lipinski definition) is 1. The molecule has 0 aliphatic heterocycles. The molecule has 0 unspecified atom stereocenters. The van der Waals surface area contributed by atoms with Crippen molar-refractivity contribution < 1.29 is 40.3 Å². The summed E-state index contributed by atoms with van der Waals surface area (Å²) in [4.78, 5) is 12.3. The lowest BCUT2D eigenvalue weighted by Crippen LogP contribution is -2.32. The van der Waals surface area contributed by atoms with Crippen LogP contribution in [0.15, 0.2) is 30.3 Å². The number of aromatic nitrogens is 2. The maximum atomic E-state index is 12.9. The lowest BCUT2D eigenvalue weighted by Gasteiger charge is -2.15. The number of ether oxygens (including phenoxy) is 1. The van der Waals surface area contributed by atoms with Gasteiger partial charge in [-0.3, -0.25) is 9.48 Å². The predicted octanol–water partition coefficient (Wildman–Crippen LogP) is 5.02. The second kappa shape index (κ2) is 10.1. The summed E-state index contributed by atoms with van der Waals surface area (Å²) in [6, 6.07) is 6.90. The third-order valence-electron chi connectivity index (χ3n) is 5.00. The van der Waals surface area contributed by atoms with Crippen LogP contribution in [0.5, 0.6) is 0 Å². The molecule has 1 aliphatic carbocycles. The first-order valence-corrected chi connectivity index (χ1v) is 10.2. The largest absolute Gasteiger partial charge is 0.435 e. The van der Waals surface area contributed by atoms with Crippen LogP contribution in [0, 0.1) is 0 Å². The molecule has 0 saturated heterocycles. The number of benzene rings is 1. The van der Waals surface area contributed by atoms with Crippen LogP contribution in [0.25, 0.3) is 0 Å². The molecule has 1 fully saturated rings. The van der Waals surface area contributed by atoms with Crippen molar-refractivity contribution in [2.45, 2.75) is 56.9 Å². The molecule has 1 amide bonds. The molecule has 1 aromatic heterocycles. The number of hydrogen-bond acceptors (Lipinski definition) is 3. The predicted molar refractivity (Wildman–Crippen MR) is 103 cm³/mol. The molecule has 1 aromatic carbocycles. The zero-order chi connectivity index (χ0) is 24.2. The van der Waals surface area contributed by atoms with E-state index in [2.05, 4.69) is 15.2 Å². The van der Waals surface area contributed by atoms with Gasteiger partial charge in [0.05, 0.1) is 6.61 Å². The minimum atomic E-state index is -4.52. The first-order chi connectivity index (χ1) is 15.5. The second-order valence-corrected chi connectivity index (χ2v) is 7.81. The molecule has 2 aromatic rings. The number of nitrogens with zero attached hydrogens (tertiary/aromatic N) is 2. The number of amides is 1. The van der Waals surface area contributed by atoms with Crippen molar-refractivity contribution in [3.63, 3.8) is 0 Å². The van der Waals surface area contributed by atoms with E-state index in [-0.39, 0.29) is 31.2 Å². The van der Waals surface area contributed by atoms with E-state index >= 15 is 0 Å². The van der Waals surface area contributed by atoms with Crippen LogP contribution in [0.3, 0.4) is 0 Å². The molecular formula is C21H22F7N3O2. The highest BCUT2D eigenvalue weighted by atomic mass is 19.4. The van der Waals surface area contributed by atoms with Gasteiger partial charge in [-0.05, 0) is 43.0 Å². The Morgan fingerprint density at radius 2 is 1.91 bits per heavy atom. The van der Waals surface area contributed by atoms with E-state index in [0.717, 1.165) is 18.9 Å². The first-order valence-electron chi connectivity index (χ1n) is 10.2. The van der Waals surface area contributed by atoms with Crippen LogP contribution in [-0.2, 0) is 24.1 Å². The number of carbonyl (C=O) groups is 1. The van der Waals surface area contributed by atoms with E-state index in [1.165, 1.54) is 28.9 Å². The maximum absolute atomic E-state index is 12.9.